The van der Waals surface area contributed by atoms with Crippen molar-refractivity contribution >= 4 is 28.7 Å². The van der Waals surface area contributed by atoms with Crippen LogP contribution < -0.4 is 25.3 Å². The highest BCUT2D eigenvalue weighted by atomic mass is 19.1. The molecular weight excluding hydrogens is 429 g/mol. The van der Waals surface area contributed by atoms with Crippen LogP contribution in [0.1, 0.15) is 11.1 Å². The first-order valence-electron chi connectivity index (χ1n) is 11.9. The SMILES string of the molecule is Cc1cccc(N2CCN(c3ncnc(N4CCN(c5ccccc5F)CC4)c3N)CC2)c1C. The highest BCUT2D eigenvalue weighted by Gasteiger charge is 2.26. The second-order valence-corrected chi connectivity index (χ2v) is 9.05. The van der Waals surface area contributed by atoms with Crippen LogP contribution in [0.2, 0.25) is 0 Å². The van der Waals surface area contributed by atoms with E-state index in [-0.39, 0.29) is 5.82 Å². The molecule has 0 atom stereocenters. The molecule has 2 saturated heterocycles. The summed E-state index contributed by atoms with van der Waals surface area (Å²) in [7, 11) is 0. The van der Waals surface area contributed by atoms with Gasteiger partial charge in [0.15, 0.2) is 11.6 Å². The van der Waals surface area contributed by atoms with Crippen molar-refractivity contribution in [2.45, 2.75) is 13.8 Å². The van der Waals surface area contributed by atoms with E-state index in [1.54, 1.807) is 12.4 Å². The number of hydrogen-bond donors (Lipinski definition) is 1. The molecule has 3 heterocycles. The van der Waals surface area contributed by atoms with Crippen molar-refractivity contribution in [2.24, 2.45) is 0 Å². The van der Waals surface area contributed by atoms with Crippen LogP contribution in [0.25, 0.3) is 0 Å². The van der Waals surface area contributed by atoms with Crippen molar-refractivity contribution in [3.05, 3.63) is 65.7 Å². The minimum absolute atomic E-state index is 0.181. The molecule has 0 amide bonds. The second kappa shape index (κ2) is 9.37. The van der Waals surface area contributed by atoms with Gasteiger partial charge in [-0.2, -0.15) is 0 Å². The number of aryl methyl sites for hydroxylation is 1. The Morgan fingerprint density at radius 1 is 0.676 bits per heavy atom. The van der Waals surface area contributed by atoms with Crippen molar-refractivity contribution in [2.75, 3.05) is 77.7 Å². The Balaban J connectivity index is 1.26. The van der Waals surface area contributed by atoms with Gasteiger partial charge < -0.3 is 25.3 Å². The fourth-order valence-corrected chi connectivity index (χ4v) is 4.99. The number of benzene rings is 2. The predicted octanol–water partition coefficient (Wildman–Crippen LogP) is 3.47. The zero-order valence-corrected chi connectivity index (χ0v) is 19.9. The van der Waals surface area contributed by atoms with Crippen molar-refractivity contribution in [3.8, 4) is 0 Å². The second-order valence-electron chi connectivity index (χ2n) is 9.05. The molecule has 3 aromatic rings. The molecule has 2 aromatic carbocycles. The van der Waals surface area contributed by atoms with Gasteiger partial charge >= 0.3 is 0 Å². The fourth-order valence-electron chi connectivity index (χ4n) is 4.99. The third-order valence-electron chi connectivity index (χ3n) is 7.11. The molecule has 0 aliphatic carbocycles. The largest absolute Gasteiger partial charge is 0.393 e. The minimum atomic E-state index is -0.181. The zero-order chi connectivity index (χ0) is 23.7. The number of nitrogens with zero attached hydrogens (tertiary/aromatic N) is 6. The number of nitrogen functional groups attached to an aromatic ring is 1. The van der Waals surface area contributed by atoms with Gasteiger partial charge in [-0.1, -0.05) is 24.3 Å². The number of hydrogen-bond acceptors (Lipinski definition) is 7. The van der Waals surface area contributed by atoms with Crippen LogP contribution in [-0.2, 0) is 0 Å². The van der Waals surface area contributed by atoms with E-state index in [4.69, 9.17) is 5.73 Å². The molecule has 0 saturated carbocycles. The molecule has 1 aromatic heterocycles. The quantitative estimate of drug-likeness (QED) is 0.638. The maximum absolute atomic E-state index is 14.2. The highest BCUT2D eigenvalue weighted by Crippen LogP contribution is 2.32. The van der Waals surface area contributed by atoms with Gasteiger partial charge in [-0.3, -0.25) is 0 Å². The first kappa shape index (κ1) is 22.3. The lowest BCUT2D eigenvalue weighted by Gasteiger charge is -2.39. The van der Waals surface area contributed by atoms with E-state index in [1.807, 2.05) is 12.1 Å². The van der Waals surface area contributed by atoms with Crippen LogP contribution in [0, 0.1) is 19.7 Å². The molecule has 34 heavy (non-hydrogen) atoms. The van der Waals surface area contributed by atoms with Gasteiger partial charge in [0.05, 0.1) is 5.69 Å². The lowest BCUT2D eigenvalue weighted by Crippen LogP contribution is -2.48. The number of nitrogens with two attached hydrogens (primary N) is 1. The number of aromatic nitrogens is 2. The first-order chi connectivity index (χ1) is 16.5. The third-order valence-corrected chi connectivity index (χ3v) is 7.11. The molecule has 2 aliphatic rings. The molecule has 2 fully saturated rings. The summed E-state index contributed by atoms with van der Waals surface area (Å²) in [4.78, 5) is 18.0. The van der Waals surface area contributed by atoms with Crippen molar-refractivity contribution in [1.29, 1.82) is 0 Å². The van der Waals surface area contributed by atoms with E-state index in [1.165, 1.54) is 22.9 Å². The summed E-state index contributed by atoms with van der Waals surface area (Å²) in [5.74, 6) is 1.40. The lowest BCUT2D eigenvalue weighted by molar-refractivity contribution is 0.596. The molecule has 0 unspecified atom stereocenters. The van der Waals surface area contributed by atoms with Crippen LogP contribution >= 0.6 is 0 Å². The molecule has 7 nitrogen and oxygen atoms in total. The van der Waals surface area contributed by atoms with Gasteiger partial charge in [-0.25, -0.2) is 14.4 Å². The van der Waals surface area contributed by atoms with Crippen LogP contribution in [0.3, 0.4) is 0 Å². The van der Waals surface area contributed by atoms with Gasteiger partial charge in [0, 0.05) is 58.0 Å². The average molecular weight is 462 g/mol. The Morgan fingerprint density at radius 2 is 1.18 bits per heavy atom. The summed E-state index contributed by atoms with van der Waals surface area (Å²) in [6, 6.07) is 13.4. The van der Waals surface area contributed by atoms with Gasteiger partial charge in [0.1, 0.15) is 17.8 Å². The van der Waals surface area contributed by atoms with E-state index in [0.29, 0.717) is 24.5 Å². The molecule has 5 rings (SSSR count). The monoisotopic (exact) mass is 461 g/mol. The third kappa shape index (κ3) is 4.20. The maximum Gasteiger partial charge on any atom is 0.157 e. The van der Waals surface area contributed by atoms with E-state index in [2.05, 4.69) is 61.6 Å². The number of halogens is 1. The molecular formula is C26H32FN7. The standard InChI is InChI=1S/C26H32FN7/c1-19-6-5-9-22(20(19)2)31-10-14-33(15-11-31)25-24(28)26(30-18-29-25)34-16-12-32(13-17-34)23-8-4-3-7-21(23)27/h3-9,18H,10-17,28H2,1-2H3. The molecule has 0 bridgehead atoms. The summed E-state index contributed by atoms with van der Waals surface area (Å²) < 4.78 is 14.2. The minimum Gasteiger partial charge on any atom is -0.393 e. The number of piperazine rings is 2. The molecule has 0 spiro atoms. The number of para-hydroxylation sites is 1. The Labute approximate surface area is 200 Å². The average Bonchev–Trinajstić information content (AvgIpc) is 2.87. The van der Waals surface area contributed by atoms with Gasteiger partial charge in [-0.05, 0) is 43.2 Å². The highest BCUT2D eigenvalue weighted by molar-refractivity contribution is 5.76. The zero-order valence-electron chi connectivity index (χ0n) is 19.9. The van der Waals surface area contributed by atoms with Crippen LogP contribution in [-0.4, -0.2) is 62.3 Å². The molecule has 178 valence electrons. The van der Waals surface area contributed by atoms with E-state index < -0.39 is 0 Å². The Hall–Kier alpha value is -3.55. The Kier molecular flexibility index (Phi) is 6.13. The van der Waals surface area contributed by atoms with E-state index in [9.17, 15) is 4.39 Å². The molecule has 8 heteroatoms. The van der Waals surface area contributed by atoms with Gasteiger partial charge in [-0.15, -0.1) is 0 Å². The summed E-state index contributed by atoms with van der Waals surface area (Å²) in [6.07, 6.45) is 1.61. The Bertz CT molecular complexity index is 1150. The summed E-state index contributed by atoms with van der Waals surface area (Å²) >= 11 is 0. The predicted molar refractivity (Wildman–Crippen MR) is 138 cm³/mol. The van der Waals surface area contributed by atoms with Gasteiger partial charge in [0.25, 0.3) is 0 Å². The van der Waals surface area contributed by atoms with Crippen molar-refractivity contribution in [3.63, 3.8) is 0 Å². The van der Waals surface area contributed by atoms with Crippen molar-refractivity contribution < 1.29 is 4.39 Å². The van der Waals surface area contributed by atoms with Gasteiger partial charge in [0.2, 0.25) is 0 Å². The lowest BCUT2D eigenvalue weighted by atomic mass is 10.1. The molecule has 2 N–H and O–H groups in total. The van der Waals surface area contributed by atoms with E-state index in [0.717, 1.165) is 50.9 Å². The fraction of sp³-hybridized carbons (Fsp3) is 0.385. The topological polar surface area (TPSA) is 64.8 Å². The number of rotatable bonds is 4. The number of anilines is 5. The van der Waals surface area contributed by atoms with Crippen molar-refractivity contribution in [1.82, 2.24) is 9.97 Å². The maximum atomic E-state index is 14.2. The van der Waals surface area contributed by atoms with Crippen LogP contribution in [0.5, 0.6) is 0 Å². The smallest absolute Gasteiger partial charge is 0.157 e. The van der Waals surface area contributed by atoms with Crippen LogP contribution in [0.15, 0.2) is 48.8 Å². The summed E-state index contributed by atoms with van der Waals surface area (Å²) in [5, 5.41) is 0. The summed E-state index contributed by atoms with van der Waals surface area (Å²) in [5.41, 5.74) is 11.9. The summed E-state index contributed by atoms with van der Waals surface area (Å²) in [6.45, 7) is 10.8. The molecule has 0 radical (unpaired) electrons. The van der Waals surface area contributed by atoms with Crippen LogP contribution in [0.4, 0.5) is 33.1 Å². The Morgan fingerprint density at radius 3 is 1.76 bits per heavy atom. The first-order valence-corrected chi connectivity index (χ1v) is 11.9. The normalized spacial score (nSPS) is 16.8. The molecule has 2 aliphatic heterocycles. The van der Waals surface area contributed by atoms with E-state index >= 15 is 0 Å².